The van der Waals surface area contributed by atoms with E-state index in [4.69, 9.17) is 4.74 Å². The van der Waals surface area contributed by atoms with Gasteiger partial charge in [0.25, 0.3) is 17.7 Å². The normalized spacial score (nSPS) is 20.7. The van der Waals surface area contributed by atoms with Gasteiger partial charge in [0.2, 0.25) is 0 Å². The fourth-order valence-corrected chi connectivity index (χ4v) is 4.45. The standard InChI is InChI=1S/C25H35N7O4/c1-17-4-5-22(36-17)25(35)30-19-6-11-26-21(14-19)24(34)28-10-3-9-27-23(33)18-15-29-32(16-18)20-7-12-31(2)13-8-20/h6,11,14-17,20,22H,3-5,7-10,12-13H2,1-2H3,(H,27,33)(H,28,34)(H,26,30,35). The van der Waals surface area contributed by atoms with Crippen LogP contribution in [0.1, 0.15) is 65.9 Å². The maximum absolute atomic E-state index is 12.5. The number of likely N-dealkylation sites (tertiary alicyclic amines) is 1. The van der Waals surface area contributed by atoms with E-state index in [2.05, 4.69) is 38.0 Å². The molecule has 0 aromatic carbocycles. The van der Waals surface area contributed by atoms with Crippen LogP contribution in [0.25, 0.3) is 0 Å². The fourth-order valence-electron chi connectivity index (χ4n) is 4.45. The molecule has 2 atom stereocenters. The highest BCUT2D eigenvalue weighted by atomic mass is 16.5. The van der Waals surface area contributed by atoms with Crippen LogP contribution in [-0.2, 0) is 9.53 Å². The van der Waals surface area contributed by atoms with Crippen molar-refractivity contribution in [2.45, 2.75) is 57.3 Å². The molecule has 2 saturated heterocycles. The van der Waals surface area contributed by atoms with Crippen LogP contribution < -0.4 is 16.0 Å². The smallest absolute Gasteiger partial charge is 0.269 e. The highest BCUT2D eigenvalue weighted by Gasteiger charge is 2.28. The van der Waals surface area contributed by atoms with Gasteiger partial charge in [0, 0.05) is 31.2 Å². The molecule has 2 unspecified atom stereocenters. The highest BCUT2D eigenvalue weighted by Crippen LogP contribution is 2.22. The van der Waals surface area contributed by atoms with Crippen molar-refractivity contribution in [3.05, 3.63) is 42.0 Å². The number of nitrogens with one attached hydrogen (secondary N) is 3. The lowest BCUT2D eigenvalue weighted by molar-refractivity contribution is -0.126. The van der Waals surface area contributed by atoms with E-state index < -0.39 is 6.10 Å². The Hall–Kier alpha value is -3.31. The fraction of sp³-hybridized carbons (Fsp3) is 0.560. The molecule has 0 aliphatic carbocycles. The van der Waals surface area contributed by atoms with E-state index in [-0.39, 0.29) is 29.5 Å². The number of amides is 3. The summed E-state index contributed by atoms with van der Waals surface area (Å²) in [7, 11) is 2.11. The third-order valence-electron chi connectivity index (χ3n) is 6.64. The molecule has 2 aromatic rings. The van der Waals surface area contributed by atoms with Crippen LogP contribution in [0.15, 0.2) is 30.7 Å². The molecule has 3 amide bonds. The minimum absolute atomic E-state index is 0.0751. The number of anilines is 1. The lowest BCUT2D eigenvalue weighted by Gasteiger charge is -2.28. The predicted molar refractivity (Wildman–Crippen MR) is 134 cm³/mol. The van der Waals surface area contributed by atoms with Gasteiger partial charge < -0.3 is 25.6 Å². The zero-order chi connectivity index (χ0) is 25.5. The number of aromatic nitrogens is 3. The minimum atomic E-state index is -0.468. The van der Waals surface area contributed by atoms with Crippen LogP contribution in [0, 0.1) is 0 Å². The maximum Gasteiger partial charge on any atom is 0.269 e. The summed E-state index contributed by atoms with van der Waals surface area (Å²) in [4.78, 5) is 43.6. The number of hydrogen-bond acceptors (Lipinski definition) is 7. The quantitative estimate of drug-likeness (QED) is 0.449. The Labute approximate surface area is 211 Å². The summed E-state index contributed by atoms with van der Waals surface area (Å²) in [6.45, 7) is 4.79. The Morgan fingerprint density at radius 1 is 1.08 bits per heavy atom. The zero-order valence-corrected chi connectivity index (χ0v) is 20.9. The number of carbonyl (C=O) groups is 3. The molecule has 4 rings (SSSR count). The average Bonchev–Trinajstić information content (AvgIpc) is 3.54. The Balaban J connectivity index is 1.16. The second-order valence-corrected chi connectivity index (χ2v) is 9.54. The lowest BCUT2D eigenvalue weighted by Crippen LogP contribution is -2.31. The predicted octanol–water partition coefficient (Wildman–Crippen LogP) is 1.60. The van der Waals surface area contributed by atoms with Crippen LogP contribution in [0.2, 0.25) is 0 Å². The molecule has 0 bridgehead atoms. The van der Waals surface area contributed by atoms with Gasteiger partial charge in [-0.15, -0.1) is 0 Å². The molecule has 2 fully saturated rings. The molecule has 11 nitrogen and oxygen atoms in total. The van der Waals surface area contributed by atoms with Gasteiger partial charge in [-0.25, -0.2) is 0 Å². The van der Waals surface area contributed by atoms with Crippen molar-refractivity contribution < 1.29 is 19.1 Å². The van der Waals surface area contributed by atoms with Crippen molar-refractivity contribution in [1.82, 2.24) is 30.3 Å². The average molecular weight is 498 g/mol. The number of nitrogens with zero attached hydrogens (tertiary/aromatic N) is 4. The molecule has 0 radical (unpaired) electrons. The first-order valence-electron chi connectivity index (χ1n) is 12.6. The third-order valence-corrected chi connectivity index (χ3v) is 6.64. The van der Waals surface area contributed by atoms with E-state index in [0.29, 0.717) is 43.2 Å². The summed E-state index contributed by atoms with van der Waals surface area (Å²) in [5.41, 5.74) is 1.24. The first-order chi connectivity index (χ1) is 17.4. The van der Waals surface area contributed by atoms with Crippen LogP contribution in [-0.4, -0.2) is 82.8 Å². The number of hydrogen-bond donors (Lipinski definition) is 3. The molecule has 3 N–H and O–H groups in total. The van der Waals surface area contributed by atoms with Gasteiger partial charge in [0.1, 0.15) is 11.8 Å². The van der Waals surface area contributed by atoms with E-state index in [1.807, 2.05) is 17.8 Å². The van der Waals surface area contributed by atoms with E-state index in [1.165, 1.54) is 12.3 Å². The number of pyridine rings is 1. The topological polar surface area (TPSA) is 130 Å². The summed E-state index contributed by atoms with van der Waals surface area (Å²) in [5, 5.41) is 12.8. The maximum atomic E-state index is 12.5. The van der Waals surface area contributed by atoms with Crippen LogP contribution in [0.5, 0.6) is 0 Å². The van der Waals surface area contributed by atoms with Crippen LogP contribution >= 0.6 is 0 Å². The van der Waals surface area contributed by atoms with Crippen molar-refractivity contribution in [2.24, 2.45) is 0 Å². The molecule has 36 heavy (non-hydrogen) atoms. The summed E-state index contributed by atoms with van der Waals surface area (Å²) in [6.07, 6.45) is 8.65. The Bertz CT molecular complexity index is 1060. The minimum Gasteiger partial charge on any atom is -0.365 e. The molecule has 4 heterocycles. The van der Waals surface area contributed by atoms with Gasteiger partial charge >= 0.3 is 0 Å². The highest BCUT2D eigenvalue weighted by molar-refractivity contribution is 5.97. The Kier molecular flexibility index (Phi) is 8.65. The number of rotatable bonds is 9. The van der Waals surface area contributed by atoms with Crippen LogP contribution in [0.3, 0.4) is 0 Å². The third kappa shape index (κ3) is 6.88. The largest absolute Gasteiger partial charge is 0.365 e. The molecule has 2 aliphatic heterocycles. The van der Waals surface area contributed by atoms with Crippen molar-refractivity contribution in [3.63, 3.8) is 0 Å². The molecular formula is C25H35N7O4. The van der Waals surface area contributed by atoms with Crippen molar-refractivity contribution >= 4 is 23.4 Å². The summed E-state index contributed by atoms with van der Waals surface area (Å²) < 4.78 is 7.48. The van der Waals surface area contributed by atoms with E-state index in [9.17, 15) is 14.4 Å². The van der Waals surface area contributed by atoms with Gasteiger partial charge in [-0.1, -0.05) is 0 Å². The first-order valence-corrected chi connectivity index (χ1v) is 12.6. The lowest BCUT2D eigenvalue weighted by atomic mass is 10.1. The molecule has 194 valence electrons. The van der Waals surface area contributed by atoms with Crippen LogP contribution in [0.4, 0.5) is 5.69 Å². The second-order valence-electron chi connectivity index (χ2n) is 9.54. The van der Waals surface area contributed by atoms with E-state index in [1.54, 1.807) is 12.3 Å². The Morgan fingerprint density at radius 2 is 1.83 bits per heavy atom. The molecule has 0 saturated carbocycles. The SMILES string of the molecule is CC1CCC(C(=O)Nc2ccnc(C(=O)NCCCNC(=O)c3cnn(C4CCN(C)CC4)c3)c2)O1. The second kappa shape index (κ2) is 12.1. The molecule has 0 spiro atoms. The van der Waals surface area contributed by atoms with E-state index >= 15 is 0 Å². The Morgan fingerprint density at radius 3 is 2.56 bits per heavy atom. The molecular weight excluding hydrogens is 462 g/mol. The summed E-state index contributed by atoms with van der Waals surface area (Å²) >= 11 is 0. The molecule has 2 aromatic heterocycles. The monoisotopic (exact) mass is 497 g/mol. The number of ether oxygens (including phenoxy) is 1. The van der Waals surface area contributed by atoms with Gasteiger partial charge in [-0.3, -0.25) is 24.0 Å². The summed E-state index contributed by atoms with van der Waals surface area (Å²) in [5.74, 6) is -0.738. The van der Waals surface area contributed by atoms with E-state index in [0.717, 1.165) is 32.4 Å². The van der Waals surface area contributed by atoms with Gasteiger partial charge in [-0.2, -0.15) is 5.10 Å². The summed E-state index contributed by atoms with van der Waals surface area (Å²) in [6, 6.07) is 3.51. The van der Waals surface area contributed by atoms with Gasteiger partial charge in [0.15, 0.2) is 0 Å². The number of carbonyl (C=O) groups excluding carboxylic acids is 3. The van der Waals surface area contributed by atoms with Crippen molar-refractivity contribution in [2.75, 3.05) is 38.5 Å². The zero-order valence-electron chi connectivity index (χ0n) is 20.9. The molecule has 11 heteroatoms. The van der Waals surface area contributed by atoms with Crippen molar-refractivity contribution in [3.8, 4) is 0 Å². The number of piperidine rings is 1. The molecule has 2 aliphatic rings. The first kappa shape index (κ1) is 25.8. The van der Waals surface area contributed by atoms with Crippen molar-refractivity contribution in [1.29, 1.82) is 0 Å². The van der Waals surface area contributed by atoms with Gasteiger partial charge in [-0.05, 0) is 71.3 Å². The van der Waals surface area contributed by atoms with Gasteiger partial charge in [0.05, 0.1) is 23.9 Å².